The van der Waals surface area contributed by atoms with E-state index in [0.717, 1.165) is 29.8 Å². The molecule has 1 unspecified atom stereocenters. The van der Waals surface area contributed by atoms with Crippen LogP contribution in [0.15, 0.2) is 54.6 Å². The second kappa shape index (κ2) is 13.6. The van der Waals surface area contributed by atoms with Crippen molar-refractivity contribution >= 4 is 12.0 Å². The third-order valence-electron chi connectivity index (χ3n) is 4.55. The SMILES string of the molecule is CC.CC1C[C@H](NC(=O)OC(C)(C)C)CN(Cc2ccccc2)C1=O.Fc1ccc(F)cc1. The third kappa shape index (κ3) is 10.9. The fourth-order valence-electron chi connectivity index (χ4n) is 3.22. The average molecular weight is 463 g/mol. The zero-order valence-corrected chi connectivity index (χ0v) is 20.4. The van der Waals surface area contributed by atoms with Crippen LogP contribution in [0.1, 0.15) is 53.5 Å². The van der Waals surface area contributed by atoms with E-state index in [9.17, 15) is 18.4 Å². The number of amides is 2. The normalized spacial score (nSPS) is 17.7. The smallest absolute Gasteiger partial charge is 0.407 e. The number of hydrogen-bond acceptors (Lipinski definition) is 3. The number of ether oxygens (including phenoxy) is 1. The van der Waals surface area contributed by atoms with Crippen LogP contribution in [0.5, 0.6) is 0 Å². The Morgan fingerprint density at radius 3 is 2.03 bits per heavy atom. The second-order valence-corrected chi connectivity index (χ2v) is 8.62. The Kier molecular flexibility index (Phi) is 11.5. The maximum atomic E-state index is 12.4. The molecule has 1 heterocycles. The first kappa shape index (κ1) is 28.1. The van der Waals surface area contributed by atoms with E-state index in [2.05, 4.69) is 5.32 Å². The highest BCUT2D eigenvalue weighted by atomic mass is 19.1. The van der Waals surface area contributed by atoms with Crippen LogP contribution in [-0.2, 0) is 16.1 Å². The number of carbonyl (C=O) groups is 2. The van der Waals surface area contributed by atoms with E-state index in [-0.39, 0.29) is 17.9 Å². The number of carbonyl (C=O) groups excluding carboxylic acids is 2. The van der Waals surface area contributed by atoms with Gasteiger partial charge in [0.15, 0.2) is 0 Å². The van der Waals surface area contributed by atoms with Crippen molar-refractivity contribution in [3.05, 3.63) is 71.8 Å². The highest BCUT2D eigenvalue weighted by molar-refractivity contribution is 5.80. The van der Waals surface area contributed by atoms with Gasteiger partial charge in [0.25, 0.3) is 0 Å². The average Bonchev–Trinajstić information content (AvgIpc) is 2.75. The number of likely N-dealkylation sites (tertiary alicyclic amines) is 1. The van der Waals surface area contributed by atoms with Crippen molar-refractivity contribution in [2.24, 2.45) is 5.92 Å². The van der Waals surface area contributed by atoms with Gasteiger partial charge >= 0.3 is 6.09 Å². The first-order valence-electron chi connectivity index (χ1n) is 11.3. The molecule has 1 fully saturated rings. The summed E-state index contributed by atoms with van der Waals surface area (Å²) in [6.07, 6.45) is 0.215. The minimum Gasteiger partial charge on any atom is -0.444 e. The maximum absolute atomic E-state index is 12.4. The van der Waals surface area contributed by atoms with Crippen LogP contribution in [0.25, 0.3) is 0 Å². The van der Waals surface area contributed by atoms with Gasteiger partial charge in [0.1, 0.15) is 17.2 Å². The first-order valence-corrected chi connectivity index (χ1v) is 11.3. The Labute approximate surface area is 196 Å². The van der Waals surface area contributed by atoms with Gasteiger partial charge in [-0.1, -0.05) is 51.1 Å². The van der Waals surface area contributed by atoms with E-state index in [1.165, 1.54) is 0 Å². The van der Waals surface area contributed by atoms with Crippen molar-refractivity contribution in [1.29, 1.82) is 0 Å². The van der Waals surface area contributed by atoms with E-state index in [0.29, 0.717) is 19.5 Å². The van der Waals surface area contributed by atoms with E-state index in [1.807, 2.05) is 76.8 Å². The second-order valence-electron chi connectivity index (χ2n) is 8.62. The number of benzene rings is 2. The molecule has 1 N–H and O–H groups in total. The molecule has 7 heteroatoms. The molecule has 5 nitrogen and oxygen atoms in total. The van der Waals surface area contributed by atoms with Gasteiger partial charge in [-0.3, -0.25) is 4.79 Å². The van der Waals surface area contributed by atoms with Crippen LogP contribution in [0.3, 0.4) is 0 Å². The quantitative estimate of drug-likeness (QED) is 0.614. The standard InChI is InChI=1S/C18H26N2O3.C6H4F2.C2H6/c1-13-10-15(19-17(22)23-18(2,3)4)12-20(16(13)21)11-14-8-6-5-7-9-14;7-5-1-2-6(8)4-3-5;1-2/h5-9,13,15H,10-12H2,1-4H3,(H,19,22);1-4H;1-2H3/t13?,15-;;/m0../s1. The molecule has 1 aliphatic rings. The summed E-state index contributed by atoms with van der Waals surface area (Å²) < 4.78 is 29.1. The molecular formula is C26H36F2N2O3. The van der Waals surface area contributed by atoms with Crippen LogP contribution in [0.2, 0.25) is 0 Å². The monoisotopic (exact) mass is 462 g/mol. The zero-order chi connectivity index (χ0) is 25.0. The van der Waals surface area contributed by atoms with E-state index >= 15 is 0 Å². The van der Waals surface area contributed by atoms with Gasteiger partial charge in [0, 0.05) is 19.0 Å². The van der Waals surface area contributed by atoms with Crippen molar-refractivity contribution in [2.75, 3.05) is 6.54 Å². The molecule has 3 rings (SSSR count). The van der Waals surface area contributed by atoms with Crippen LogP contribution in [0.4, 0.5) is 13.6 Å². The van der Waals surface area contributed by atoms with Crippen molar-refractivity contribution in [1.82, 2.24) is 10.2 Å². The first-order chi connectivity index (χ1) is 15.5. The molecule has 182 valence electrons. The lowest BCUT2D eigenvalue weighted by Crippen LogP contribution is -2.53. The summed E-state index contributed by atoms with van der Waals surface area (Å²) >= 11 is 0. The number of hydrogen-bond donors (Lipinski definition) is 1. The van der Waals surface area contributed by atoms with Crippen LogP contribution >= 0.6 is 0 Å². The van der Waals surface area contributed by atoms with Gasteiger partial charge in [0.05, 0.1) is 6.04 Å². The number of rotatable bonds is 3. The summed E-state index contributed by atoms with van der Waals surface area (Å²) in [5.41, 5.74) is 0.565. The van der Waals surface area contributed by atoms with Gasteiger partial charge in [-0.15, -0.1) is 0 Å². The summed E-state index contributed by atoms with van der Waals surface area (Å²) in [6.45, 7) is 12.5. The van der Waals surface area contributed by atoms with Gasteiger partial charge in [-0.25, -0.2) is 13.6 Å². The topological polar surface area (TPSA) is 58.6 Å². The molecule has 2 amide bonds. The molecule has 33 heavy (non-hydrogen) atoms. The van der Waals surface area contributed by atoms with E-state index < -0.39 is 23.3 Å². The van der Waals surface area contributed by atoms with E-state index in [1.54, 1.807) is 0 Å². The molecule has 1 saturated heterocycles. The number of piperidine rings is 1. The molecule has 0 saturated carbocycles. The Hall–Kier alpha value is -2.96. The summed E-state index contributed by atoms with van der Waals surface area (Å²) in [5, 5.41) is 2.89. The Morgan fingerprint density at radius 1 is 1.03 bits per heavy atom. The molecule has 1 aliphatic heterocycles. The Morgan fingerprint density at radius 2 is 1.55 bits per heavy atom. The lowest BCUT2D eigenvalue weighted by Gasteiger charge is -2.36. The van der Waals surface area contributed by atoms with Crippen LogP contribution in [0, 0.1) is 17.6 Å². The summed E-state index contributed by atoms with van der Waals surface area (Å²) in [6, 6.07) is 14.1. The molecular weight excluding hydrogens is 426 g/mol. The minimum absolute atomic E-state index is 0.0822. The summed E-state index contributed by atoms with van der Waals surface area (Å²) in [4.78, 5) is 26.1. The largest absolute Gasteiger partial charge is 0.444 e. The van der Waals surface area contributed by atoms with E-state index in [4.69, 9.17) is 4.74 Å². The number of nitrogens with zero attached hydrogens (tertiary/aromatic N) is 1. The zero-order valence-electron chi connectivity index (χ0n) is 20.4. The molecule has 0 aliphatic carbocycles. The lowest BCUT2D eigenvalue weighted by atomic mass is 9.94. The Balaban J connectivity index is 0.000000454. The number of nitrogens with one attached hydrogen (secondary N) is 1. The van der Waals surface area contributed by atoms with Crippen molar-refractivity contribution in [2.45, 2.75) is 66.2 Å². The highest BCUT2D eigenvalue weighted by Gasteiger charge is 2.33. The molecule has 0 bridgehead atoms. The predicted molar refractivity (Wildman–Crippen MR) is 127 cm³/mol. The Bertz CT molecular complexity index is 831. The summed E-state index contributed by atoms with van der Waals surface area (Å²) in [7, 11) is 0. The number of halogens is 2. The van der Waals surface area contributed by atoms with Gasteiger partial charge < -0.3 is 15.0 Å². The molecule has 0 radical (unpaired) electrons. The maximum Gasteiger partial charge on any atom is 0.407 e. The molecule has 2 aromatic carbocycles. The fraction of sp³-hybridized carbons (Fsp3) is 0.462. The van der Waals surface area contributed by atoms with Crippen molar-refractivity contribution in [3.8, 4) is 0 Å². The van der Waals surface area contributed by atoms with Gasteiger partial charge in [0.2, 0.25) is 5.91 Å². The highest BCUT2D eigenvalue weighted by Crippen LogP contribution is 2.20. The number of alkyl carbamates (subject to hydrolysis) is 1. The molecule has 0 spiro atoms. The summed E-state index contributed by atoms with van der Waals surface area (Å²) in [5.74, 6) is -0.790. The van der Waals surface area contributed by atoms with Crippen molar-refractivity contribution in [3.63, 3.8) is 0 Å². The van der Waals surface area contributed by atoms with Gasteiger partial charge in [-0.2, -0.15) is 0 Å². The minimum atomic E-state index is -0.524. The molecule has 0 aromatic heterocycles. The molecule has 2 atom stereocenters. The van der Waals surface area contributed by atoms with Crippen molar-refractivity contribution < 1.29 is 23.1 Å². The predicted octanol–water partition coefficient (Wildman–Crippen LogP) is 5.94. The third-order valence-corrected chi connectivity index (χ3v) is 4.55. The lowest BCUT2D eigenvalue weighted by molar-refractivity contribution is -0.139. The van der Waals surface area contributed by atoms with Crippen LogP contribution in [-0.4, -0.2) is 35.1 Å². The van der Waals surface area contributed by atoms with Gasteiger partial charge in [-0.05, 0) is 57.0 Å². The van der Waals surface area contributed by atoms with Crippen LogP contribution < -0.4 is 5.32 Å². The molecule has 2 aromatic rings. The fourth-order valence-corrected chi connectivity index (χ4v) is 3.22.